The monoisotopic (exact) mass is 599 g/mol. The fraction of sp³-hybridized carbons (Fsp3) is 0.244. The summed E-state index contributed by atoms with van der Waals surface area (Å²) in [5.74, 6) is 0. The standard InChI is InChI=1S/C45H45N/c1-3-45(31-11-12-34(2)33-45)41-25-19-37(20-26-41)39-23-29-43(30-24-39)46(42-27-21-38(22-28-42)35-13-6-4-7-14-35)44-18-10-17-40(32-44)36-15-8-5-9-16-36/h6,8,10,13-30,32H,2-5,7,9,11-12,31,33H2,1H3. The van der Waals surface area contributed by atoms with Crippen LogP contribution < -0.4 is 4.90 Å². The van der Waals surface area contributed by atoms with Crippen molar-refractivity contribution in [1.29, 1.82) is 0 Å². The highest BCUT2D eigenvalue weighted by Crippen LogP contribution is 2.44. The molecule has 1 saturated carbocycles. The fourth-order valence-corrected chi connectivity index (χ4v) is 7.63. The normalized spacial score (nSPS) is 19.5. The molecule has 1 heteroatoms. The number of benzene rings is 4. The van der Waals surface area contributed by atoms with Gasteiger partial charge in [0.1, 0.15) is 0 Å². The zero-order valence-electron chi connectivity index (χ0n) is 27.2. The van der Waals surface area contributed by atoms with Crippen LogP contribution in [0.15, 0.2) is 146 Å². The van der Waals surface area contributed by atoms with Crippen molar-refractivity contribution in [3.05, 3.63) is 162 Å². The summed E-state index contributed by atoms with van der Waals surface area (Å²) in [7, 11) is 0. The summed E-state index contributed by atoms with van der Waals surface area (Å²) in [6.07, 6.45) is 24.2. The molecule has 0 radical (unpaired) electrons. The zero-order chi connectivity index (χ0) is 31.3. The molecule has 230 valence electrons. The Kier molecular flexibility index (Phi) is 8.75. The molecule has 1 nitrogen and oxygen atoms in total. The van der Waals surface area contributed by atoms with E-state index in [9.17, 15) is 0 Å². The molecule has 7 rings (SSSR count). The van der Waals surface area contributed by atoms with Gasteiger partial charge in [0.2, 0.25) is 0 Å². The second-order valence-corrected chi connectivity index (χ2v) is 13.2. The first-order valence-electron chi connectivity index (χ1n) is 17.2. The van der Waals surface area contributed by atoms with Gasteiger partial charge >= 0.3 is 0 Å². The van der Waals surface area contributed by atoms with E-state index in [0.29, 0.717) is 0 Å². The van der Waals surface area contributed by atoms with Crippen molar-refractivity contribution in [2.24, 2.45) is 0 Å². The summed E-state index contributed by atoms with van der Waals surface area (Å²) in [6.45, 7) is 6.69. The van der Waals surface area contributed by atoms with Crippen molar-refractivity contribution in [2.75, 3.05) is 4.90 Å². The lowest BCUT2D eigenvalue weighted by Gasteiger charge is -2.38. The predicted molar refractivity (Wildman–Crippen MR) is 199 cm³/mol. The molecule has 46 heavy (non-hydrogen) atoms. The molecule has 0 N–H and O–H groups in total. The lowest BCUT2D eigenvalue weighted by atomic mass is 9.66. The Bertz CT molecular complexity index is 1810. The Hall–Kier alpha value is -4.62. The zero-order valence-corrected chi connectivity index (χ0v) is 27.2. The average Bonchev–Trinajstić information content (AvgIpc) is 3.13. The minimum Gasteiger partial charge on any atom is -0.310 e. The van der Waals surface area contributed by atoms with Gasteiger partial charge in [-0.15, -0.1) is 0 Å². The fourth-order valence-electron chi connectivity index (χ4n) is 7.63. The van der Waals surface area contributed by atoms with Crippen LogP contribution in [-0.2, 0) is 5.41 Å². The van der Waals surface area contributed by atoms with E-state index < -0.39 is 0 Å². The van der Waals surface area contributed by atoms with Gasteiger partial charge in [-0.1, -0.05) is 116 Å². The Morgan fingerprint density at radius 2 is 1.22 bits per heavy atom. The van der Waals surface area contributed by atoms with Crippen LogP contribution in [0.3, 0.4) is 0 Å². The third-order valence-corrected chi connectivity index (χ3v) is 10.3. The van der Waals surface area contributed by atoms with Gasteiger partial charge in [0.05, 0.1) is 0 Å². The molecule has 0 bridgehead atoms. The van der Waals surface area contributed by atoms with Crippen LogP contribution in [0.25, 0.3) is 22.3 Å². The molecule has 0 aliphatic heterocycles. The Labute approximate surface area is 276 Å². The quantitative estimate of drug-likeness (QED) is 0.182. The van der Waals surface area contributed by atoms with Crippen LogP contribution in [0.1, 0.15) is 81.4 Å². The molecule has 1 fully saturated rings. The highest BCUT2D eigenvalue weighted by Gasteiger charge is 2.33. The molecule has 0 amide bonds. The molecule has 4 aromatic carbocycles. The van der Waals surface area contributed by atoms with Crippen molar-refractivity contribution in [2.45, 2.75) is 70.1 Å². The Morgan fingerprint density at radius 1 is 0.630 bits per heavy atom. The Morgan fingerprint density at radius 3 is 1.78 bits per heavy atom. The van der Waals surface area contributed by atoms with Crippen LogP contribution >= 0.6 is 0 Å². The van der Waals surface area contributed by atoms with E-state index in [0.717, 1.165) is 49.2 Å². The molecular weight excluding hydrogens is 555 g/mol. The molecule has 0 aromatic heterocycles. The maximum Gasteiger partial charge on any atom is 0.0467 e. The molecule has 3 aliphatic carbocycles. The SMILES string of the molecule is C=C1CCCC(CC)(c2ccc(-c3ccc(N(c4ccc(C5=CCCC=C5)cc4)c4cccc(C5=CCCC=C5)c4)cc3)cc2)C1. The van der Waals surface area contributed by atoms with E-state index in [1.807, 2.05) is 0 Å². The Balaban J connectivity index is 1.21. The number of nitrogens with zero attached hydrogens (tertiary/aromatic N) is 1. The first-order chi connectivity index (χ1) is 22.6. The first-order valence-corrected chi connectivity index (χ1v) is 17.2. The first kappa shape index (κ1) is 30.1. The number of rotatable bonds is 8. The van der Waals surface area contributed by atoms with E-state index >= 15 is 0 Å². The van der Waals surface area contributed by atoms with E-state index in [4.69, 9.17) is 0 Å². The third kappa shape index (κ3) is 6.24. The van der Waals surface area contributed by atoms with E-state index in [1.165, 1.54) is 70.2 Å². The highest BCUT2D eigenvalue weighted by atomic mass is 15.1. The van der Waals surface area contributed by atoms with Crippen molar-refractivity contribution in [3.8, 4) is 11.1 Å². The van der Waals surface area contributed by atoms with Gasteiger partial charge in [-0.3, -0.25) is 0 Å². The van der Waals surface area contributed by atoms with Gasteiger partial charge in [0, 0.05) is 17.1 Å². The van der Waals surface area contributed by atoms with Crippen LogP contribution in [0.4, 0.5) is 17.1 Å². The van der Waals surface area contributed by atoms with Crippen LogP contribution in [0.2, 0.25) is 0 Å². The van der Waals surface area contributed by atoms with Gasteiger partial charge in [0.15, 0.2) is 0 Å². The lowest BCUT2D eigenvalue weighted by Crippen LogP contribution is -2.28. The molecule has 0 saturated heterocycles. The second kappa shape index (κ2) is 13.4. The summed E-state index contributed by atoms with van der Waals surface area (Å²) < 4.78 is 0. The van der Waals surface area contributed by atoms with Crippen molar-refractivity contribution >= 4 is 28.2 Å². The highest BCUT2D eigenvalue weighted by molar-refractivity contribution is 5.84. The second-order valence-electron chi connectivity index (χ2n) is 13.2. The van der Waals surface area contributed by atoms with Crippen LogP contribution in [0.5, 0.6) is 0 Å². The van der Waals surface area contributed by atoms with Crippen LogP contribution in [-0.4, -0.2) is 0 Å². The summed E-state index contributed by atoms with van der Waals surface area (Å²) in [5.41, 5.74) is 14.3. The van der Waals surface area contributed by atoms with Gasteiger partial charge in [-0.25, -0.2) is 0 Å². The van der Waals surface area contributed by atoms with Crippen molar-refractivity contribution < 1.29 is 0 Å². The lowest BCUT2D eigenvalue weighted by molar-refractivity contribution is 0.330. The minimum atomic E-state index is 0.246. The molecule has 1 atom stereocenters. The predicted octanol–water partition coefficient (Wildman–Crippen LogP) is 13.1. The van der Waals surface area contributed by atoms with Gasteiger partial charge in [-0.2, -0.15) is 0 Å². The van der Waals surface area contributed by atoms with Crippen LogP contribution in [0, 0.1) is 0 Å². The molecular formula is C45H45N. The molecule has 3 aliphatic rings. The summed E-state index contributed by atoms with van der Waals surface area (Å²) in [5, 5.41) is 0. The molecule has 0 heterocycles. The van der Waals surface area contributed by atoms with Gasteiger partial charge in [-0.05, 0) is 139 Å². The van der Waals surface area contributed by atoms with Gasteiger partial charge in [0.25, 0.3) is 0 Å². The molecule has 0 spiro atoms. The third-order valence-electron chi connectivity index (χ3n) is 10.3. The minimum absolute atomic E-state index is 0.246. The average molecular weight is 600 g/mol. The van der Waals surface area contributed by atoms with Crippen molar-refractivity contribution in [3.63, 3.8) is 0 Å². The number of hydrogen-bond donors (Lipinski definition) is 0. The number of anilines is 3. The largest absolute Gasteiger partial charge is 0.310 e. The summed E-state index contributed by atoms with van der Waals surface area (Å²) in [4.78, 5) is 2.39. The maximum atomic E-state index is 4.35. The van der Waals surface area contributed by atoms with E-state index in [2.05, 4.69) is 152 Å². The van der Waals surface area contributed by atoms with Crippen molar-refractivity contribution in [1.82, 2.24) is 0 Å². The van der Waals surface area contributed by atoms with Gasteiger partial charge < -0.3 is 4.90 Å². The maximum absolute atomic E-state index is 4.35. The molecule has 1 unspecified atom stereocenters. The summed E-state index contributed by atoms with van der Waals surface area (Å²) in [6, 6.07) is 36.5. The summed E-state index contributed by atoms with van der Waals surface area (Å²) >= 11 is 0. The smallest absolute Gasteiger partial charge is 0.0467 e. The topological polar surface area (TPSA) is 3.24 Å². The van der Waals surface area contributed by atoms with E-state index in [-0.39, 0.29) is 5.41 Å². The number of hydrogen-bond acceptors (Lipinski definition) is 1. The number of allylic oxidation sites excluding steroid dienone is 9. The van der Waals surface area contributed by atoms with E-state index in [1.54, 1.807) is 0 Å². The molecule has 4 aromatic rings.